The minimum absolute atomic E-state index is 0.216. The minimum atomic E-state index is -0.216. The van der Waals surface area contributed by atoms with E-state index < -0.39 is 0 Å². The van der Waals surface area contributed by atoms with Crippen LogP contribution in [0.1, 0.15) is 41.4 Å². The topological polar surface area (TPSA) is 78.0 Å². The average Bonchev–Trinajstić information content (AvgIpc) is 3.30. The molecule has 7 nitrogen and oxygen atoms in total. The molecule has 2 aromatic heterocycles. The van der Waals surface area contributed by atoms with Crippen molar-refractivity contribution in [3.05, 3.63) is 52.7 Å². The second-order valence-corrected chi connectivity index (χ2v) is 6.18. The number of fused-ring (bicyclic) bond motifs is 1. The van der Waals surface area contributed by atoms with E-state index in [2.05, 4.69) is 40.5 Å². The van der Waals surface area contributed by atoms with Gasteiger partial charge in [0.2, 0.25) is 0 Å². The van der Waals surface area contributed by atoms with Crippen molar-refractivity contribution >= 4 is 6.01 Å². The molecule has 0 amide bonds. The second-order valence-electron chi connectivity index (χ2n) is 6.18. The van der Waals surface area contributed by atoms with Crippen LogP contribution in [0.4, 0.5) is 6.01 Å². The van der Waals surface area contributed by atoms with Gasteiger partial charge >= 0.3 is 6.01 Å². The van der Waals surface area contributed by atoms with E-state index in [4.69, 9.17) is 9.15 Å². The summed E-state index contributed by atoms with van der Waals surface area (Å²) in [4.78, 5) is 0. The van der Waals surface area contributed by atoms with Gasteiger partial charge in [-0.05, 0) is 32.4 Å². The van der Waals surface area contributed by atoms with Gasteiger partial charge in [-0.2, -0.15) is 5.10 Å². The normalized spacial score (nSPS) is 15.9. The molecular formula is C18H21N5O2. The van der Waals surface area contributed by atoms with Crippen LogP contribution in [0, 0.1) is 13.8 Å². The maximum atomic E-state index is 5.89. The Morgan fingerprint density at radius 3 is 2.84 bits per heavy atom. The third kappa shape index (κ3) is 2.86. The maximum Gasteiger partial charge on any atom is 0.315 e. The largest absolute Gasteiger partial charge is 0.480 e. The summed E-state index contributed by atoms with van der Waals surface area (Å²) in [7, 11) is 0. The van der Waals surface area contributed by atoms with E-state index in [1.54, 1.807) is 0 Å². The Labute approximate surface area is 146 Å². The van der Waals surface area contributed by atoms with Crippen LogP contribution >= 0.6 is 0 Å². The van der Waals surface area contributed by atoms with Gasteiger partial charge in [0.1, 0.15) is 5.75 Å². The van der Waals surface area contributed by atoms with Gasteiger partial charge in [0, 0.05) is 30.8 Å². The highest BCUT2D eigenvalue weighted by molar-refractivity contribution is 5.38. The van der Waals surface area contributed by atoms with Crippen LogP contribution in [0.2, 0.25) is 0 Å². The Kier molecular flexibility index (Phi) is 3.91. The number of benzene rings is 1. The molecule has 1 N–H and O–H groups in total. The first-order chi connectivity index (χ1) is 12.2. The lowest BCUT2D eigenvalue weighted by Gasteiger charge is -2.05. The van der Waals surface area contributed by atoms with Crippen LogP contribution in [0.5, 0.6) is 5.75 Å². The summed E-state index contributed by atoms with van der Waals surface area (Å²) in [6, 6.07) is 8.39. The Bertz CT molecular complexity index is 874. The molecule has 130 valence electrons. The van der Waals surface area contributed by atoms with E-state index >= 15 is 0 Å². The Balaban J connectivity index is 1.44. The van der Waals surface area contributed by atoms with Gasteiger partial charge in [-0.25, -0.2) is 0 Å². The van der Waals surface area contributed by atoms with Crippen molar-refractivity contribution in [1.82, 2.24) is 20.0 Å². The summed E-state index contributed by atoms with van der Waals surface area (Å²) in [6.07, 6.45) is 0.533. The van der Waals surface area contributed by atoms with E-state index in [1.165, 1.54) is 5.56 Å². The Morgan fingerprint density at radius 2 is 2.08 bits per heavy atom. The molecule has 1 aromatic carbocycles. The molecule has 4 rings (SSSR count). The third-order valence-corrected chi connectivity index (χ3v) is 4.61. The molecule has 0 saturated heterocycles. The molecule has 7 heteroatoms. The van der Waals surface area contributed by atoms with Crippen LogP contribution in [-0.4, -0.2) is 20.0 Å². The van der Waals surface area contributed by atoms with Gasteiger partial charge in [0.25, 0.3) is 5.89 Å². The molecule has 25 heavy (non-hydrogen) atoms. The number of hydrogen-bond acceptors (Lipinski definition) is 6. The van der Waals surface area contributed by atoms with E-state index in [9.17, 15) is 0 Å². The third-order valence-electron chi connectivity index (χ3n) is 4.61. The lowest BCUT2D eigenvalue weighted by Crippen LogP contribution is -2.04. The van der Waals surface area contributed by atoms with E-state index in [-0.39, 0.29) is 6.10 Å². The first kappa shape index (κ1) is 15.7. The highest BCUT2D eigenvalue weighted by atomic mass is 16.5. The second kappa shape index (κ2) is 6.23. The summed E-state index contributed by atoms with van der Waals surface area (Å²) < 4.78 is 13.6. The van der Waals surface area contributed by atoms with Gasteiger partial charge in [0.15, 0.2) is 6.10 Å². The Morgan fingerprint density at radius 1 is 1.24 bits per heavy atom. The van der Waals surface area contributed by atoms with Crippen molar-refractivity contribution in [3.63, 3.8) is 0 Å². The van der Waals surface area contributed by atoms with Crippen molar-refractivity contribution in [2.45, 2.75) is 46.4 Å². The van der Waals surface area contributed by atoms with Crippen molar-refractivity contribution in [2.75, 3.05) is 5.32 Å². The monoisotopic (exact) mass is 339 g/mol. The predicted octanol–water partition coefficient (Wildman–Crippen LogP) is 3.19. The van der Waals surface area contributed by atoms with Crippen LogP contribution in [-0.2, 0) is 19.5 Å². The summed E-state index contributed by atoms with van der Waals surface area (Å²) in [6.45, 7) is 7.63. The highest BCUT2D eigenvalue weighted by Crippen LogP contribution is 2.36. The standard InChI is InChI=1S/C18H21N5O2/c1-4-23-12(3)14(11(2)22-23)10-19-18-21-20-17(25-18)16-9-13-7-5-6-8-15(13)24-16/h5-8,16H,4,9-10H2,1-3H3,(H,19,21)/t16-/m0/s1. The number of hydrogen-bond donors (Lipinski definition) is 1. The lowest BCUT2D eigenvalue weighted by molar-refractivity contribution is 0.199. The Hall–Kier alpha value is -2.83. The zero-order valence-electron chi connectivity index (χ0n) is 14.6. The molecule has 0 radical (unpaired) electrons. The van der Waals surface area contributed by atoms with E-state index in [0.29, 0.717) is 18.5 Å². The molecule has 0 saturated carbocycles. The molecule has 3 heterocycles. The van der Waals surface area contributed by atoms with Crippen LogP contribution in [0.15, 0.2) is 28.7 Å². The summed E-state index contributed by atoms with van der Waals surface area (Å²) in [5.74, 6) is 1.38. The highest BCUT2D eigenvalue weighted by Gasteiger charge is 2.28. The molecule has 3 aromatic rings. The molecule has 0 unspecified atom stereocenters. The molecule has 0 fully saturated rings. The van der Waals surface area contributed by atoms with Gasteiger partial charge < -0.3 is 14.5 Å². The number of nitrogens with one attached hydrogen (secondary N) is 1. The lowest BCUT2D eigenvalue weighted by atomic mass is 10.1. The molecule has 0 bridgehead atoms. The number of anilines is 1. The average molecular weight is 339 g/mol. The van der Waals surface area contributed by atoms with Crippen molar-refractivity contribution in [3.8, 4) is 5.75 Å². The van der Waals surface area contributed by atoms with Crippen molar-refractivity contribution in [1.29, 1.82) is 0 Å². The van der Waals surface area contributed by atoms with Crippen molar-refractivity contribution in [2.24, 2.45) is 0 Å². The maximum absolute atomic E-state index is 5.89. The molecule has 0 aliphatic carbocycles. The quantitative estimate of drug-likeness (QED) is 0.769. The summed E-state index contributed by atoms with van der Waals surface area (Å²) in [5.41, 5.74) is 4.49. The van der Waals surface area contributed by atoms with E-state index in [0.717, 1.165) is 35.7 Å². The minimum Gasteiger partial charge on any atom is -0.480 e. The van der Waals surface area contributed by atoms with Gasteiger partial charge in [-0.1, -0.05) is 23.3 Å². The fourth-order valence-electron chi connectivity index (χ4n) is 3.22. The number of aromatic nitrogens is 4. The number of ether oxygens (including phenoxy) is 1. The fraction of sp³-hybridized carbons (Fsp3) is 0.389. The first-order valence-corrected chi connectivity index (χ1v) is 8.50. The zero-order valence-corrected chi connectivity index (χ0v) is 14.6. The van der Waals surface area contributed by atoms with Crippen LogP contribution < -0.4 is 10.1 Å². The molecule has 1 aliphatic heterocycles. The zero-order chi connectivity index (χ0) is 17.4. The number of para-hydroxylation sites is 1. The molecule has 1 aliphatic rings. The predicted molar refractivity (Wildman–Crippen MR) is 92.5 cm³/mol. The van der Waals surface area contributed by atoms with E-state index in [1.807, 2.05) is 29.8 Å². The number of aryl methyl sites for hydroxylation is 2. The summed E-state index contributed by atoms with van der Waals surface area (Å²) in [5, 5.41) is 15.9. The molecule has 1 atom stereocenters. The smallest absolute Gasteiger partial charge is 0.315 e. The first-order valence-electron chi connectivity index (χ1n) is 8.50. The van der Waals surface area contributed by atoms with Crippen molar-refractivity contribution < 1.29 is 9.15 Å². The summed E-state index contributed by atoms with van der Waals surface area (Å²) >= 11 is 0. The van der Waals surface area contributed by atoms with Gasteiger partial charge in [-0.15, -0.1) is 5.10 Å². The van der Waals surface area contributed by atoms with Gasteiger partial charge in [-0.3, -0.25) is 4.68 Å². The number of rotatable bonds is 5. The molecule has 0 spiro atoms. The van der Waals surface area contributed by atoms with Gasteiger partial charge in [0.05, 0.1) is 5.69 Å². The van der Waals surface area contributed by atoms with Crippen LogP contribution in [0.3, 0.4) is 0 Å². The SMILES string of the molecule is CCn1nc(C)c(CNc2nnc([C@@H]3Cc4ccccc4O3)o2)c1C. The molecular weight excluding hydrogens is 318 g/mol. The fourth-order valence-corrected chi connectivity index (χ4v) is 3.22. The van der Waals surface area contributed by atoms with Crippen LogP contribution in [0.25, 0.3) is 0 Å². The number of nitrogens with zero attached hydrogens (tertiary/aromatic N) is 4.